The number of pyridine rings is 1. The van der Waals surface area contributed by atoms with E-state index >= 15 is 0 Å². The zero-order valence-corrected chi connectivity index (χ0v) is 12.4. The van der Waals surface area contributed by atoms with Crippen LogP contribution in [0.1, 0.15) is 51.0 Å². The van der Waals surface area contributed by atoms with E-state index in [4.69, 9.17) is 16.3 Å². The average molecular weight is 283 g/mol. The predicted molar refractivity (Wildman–Crippen MR) is 78.7 cm³/mol. The second-order valence-electron chi connectivity index (χ2n) is 5.19. The third kappa shape index (κ3) is 5.37. The molecule has 1 aromatic rings. The van der Waals surface area contributed by atoms with Gasteiger partial charge in [0, 0.05) is 18.8 Å². The van der Waals surface area contributed by atoms with Gasteiger partial charge >= 0.3 is 0 Å². The number of hydrogen-bond donors (Lipinski definition) is 1. The molecule has 1 heterocycles. The Kier molecular flexibility index (Phi) is 5.93. The summed E-state index contributed by atoms with van der Waals surface area (Å²) in [6.45, 7) is 3.74. The van der Waals surface area contributed by atoms with Crippen LogP contribution in [0.4, 0.5) is 0 Å². The number of ether oxygens (including phenoxy) is 1. The molecule has 1 aliphatic rings. The first-order valence-electron chi connectivity index (χ1n) is 7.30. The van der Waals surface area contributed by atoms with Crippen molar-refractivity contribution in [1.29, 1.82) is 0 Å². The van der Waals surface area contributed by atoms with Crippen LogP contribution < -0.4 is 10.1 Å². The quantitative estimate of drug-likeness (QED) is 0.697. The second kappa shape index (κ2) is 7.71. The zero-order valence-electron chi connectivity index (χ0n) is 11.6. The molecule has 0 spiro atoms. The molecule has 0 bridgehead atoms. The Morgan fingerprint density at radius 2 is 2.21 bits per heavy atom. The van der Waals surface area contributed by atoms with Gasteiger partial charge in [0.1, 0.15) is 5.02 Å². The summed E-state index contributed by atoms with van der Waals surface area (Å²) in [5, 5.41) is 4.06. The van der Waals surface area contributed by atoms with Crippen molar-refractivity contribution in [2.45, 2.75) is 58.0 Å². The highest BCUT2D eigenvalue weighted by molar-refractivity contribution is 6.31. The smallest absolute Gasteiger partial charge is 0.232 e. The van der Waals surface area contributed by atoms with E-state index in [2.05, 4.69) is 17.2 Å². The number of hydrogen-bond acceptors (Lipinski definition) is 3. The molecule has 2 rings (SSSR count). The standard InChI is InChI=1S/C15H23ClN2O/c1-2-3-4-5-8-19-15-14(16)9-12(11-18-15)10-17-13-6-7-13/h9,11,13,17H,2-8,10H2,1H3. The van der Waals surface area contributed by atoms with Crippen molar-refractivity contribution in [3.8, 4) is 5.88 Å². The average Bonchev–Trinajstić information content (AvgIpc) is 3.22. The lowest BCUT2D eigenvalue weighted by molar-refractivity contribution is 0.294. The molecule has 1 N–H and O–H groups in total. The van der Waals surface area contributed by atoms with Crippen molar-refractivity contribution in [3.05, 3.63) is 22.8 Å². The first kappa shape index (κ1) is 14.6. The van der Waals surface area contributed by atoms with Crippen LogP contribution in [0.3, 0.4) is 0 Å². The number of nitrogens with one attached hydrogen (secondary N) is 1. The maximum absolute atomic E-state index is 6.19. The molecule has 0 amide bonds. The van der Waals surface area contributed by atoms with E-state index in [9.17, 15) is 0 Å². The van der Waals surface area contributed by atoms with Crippen molar-refractivity contribution in [3.63, 3.8) is 0 Å². The van der Waals surface area contributed by atoms with E-state index in [0.717, 1.165) is 18.5 Å². The molecule has 0 unspecified atom stereocenters. The van der Waals surface area contributed by atoms with Crippen molar-refractivity contribution in [2.24, 2.45) is 0 Å². The molecular formula is C15H23ClN2O. The van der Waals surface area contributed by atoms with Gasteiger partial charge in [-0.15, -0.1) is 0 Å². The summed E-state index contributed by atoms with van der Waals surface area (Å²) < 4.78 is 5.61. The lowest BCUT2D eigenvalue weighted by Crippen LogP contribution is -2.15. The Hall–Kier alpha value is -0.800. The Bertz CT molecular complexity index is 394. The lowest BCUT2D eigenvalue weighted by Gasteiger charge is -2.08. The largest absolute Gasteiger partial charge is 0.477 e. The van der Waals surface area contributed by atoms with Crippen LogP contribution in [0.25, 0.3) is 0 Å². The third-order valence-corrected chi connectivity index (χ3v) is 3.54. The lowest BCUT2D eigenvalue weighted by atomic mass is 10.2. The van der Waals surface area contributed by atoms with E-state index in [0.29, 0.717) is 23.6 Å². The van der Waals surface area contributed by atoms with Crippen LogP contribution in [0.5, 0.6) is 5.88 Å². The molecular weight excluding hydrogens is 260 g/mol. The highest BCUT2D eigenvalue weighted by atomic mass is 35.5. The van der Waals surface area contributed by atoms with Gasteiger partial charge in [-0.05, 0) is 30.9 Å². The van der Waals surface area contributed by atoms with Gasteiger partial charge in [-0.25, -0.2) is 4.98 Å². The van der Waals surface area contributed by atoms with Gasteiger partial charge in [-0.3, -0.25) is 0 Å². The van der Waals surface area contributed by atoms with Crippen LogP contribution in [-0.4, -0.2) is 17.6 Å². The van der Waals surface area contributed by atoms with Crippen molar-refractivity contribution >= 4 is 11.6 Å². The normalized spacial score (nSPS) is 14.6. The fourth-order valence-electron chi connectivity index (χ4n) is 1.92. The van der Waals surface area contributed by atoms with Gasteiger partial charge in [0.25, 0.3) is 0 Å². The molecule has 1 fully saturated rings. The molecule has 1 saturated carbocycles. The number of aromatic nitrogens is 1. The van der Waals surface area contributed by atoms with E-state index in [-0.39, 0.29) is 0 Å². The monoisotopic (exact) mass is 282 g/mol. The molecule has 3 nitrogen and oxygen atoms in total. The summed E-state index contributed by atoms with van der Waals surface area (Å²) in [6, 6.07) is 2.65. The van der Waals surface area contributed by atoms with Crippen molar-refractivity contribution < 1.29 is 4.74 Å². The fourth-order valence-corrected chi connectivity index (χ4v) is 2.16. The summed E-state index contributed by atoms with van der Waals surface area (Å²) in [5.41, 5.74) is 1.12. The Morgan fingerprint density at radius 3 is 2.89 bits per heavy atom. The molecule has 1 aromatic heterocycles. The highest BCUT2D eigenvalue weighted by Crippen LogP contribution is 2.24. The van der Waals surface area contributed by atoms with Gasteiger partial charge < -0.3 is 10.1 Å². The highest BCUT2D eigenvalue weighted by Gasteiger charge is 2.20. The Labute approximate surface area is 120 Å². The summed E-state index contributed by atoms with van der Waals surface area (Å²) >= 11 is 6.19. The van der Waals surface area contributed by atoms with Crippen LogP contribution in [0.15, 0.2) is 12.3 Å². The Balaban J connectivity index is 1.73. The Morgan fingerprint density at radius 1 is 1.37 bits per heavy atom. The van der Waals surface area contributed by atoms with E-state index in [1.165, 1.54) is 32.1 Å². The number of rotatable bonds is 9. The minimum atomic E-state index is 0.563. The minimum Gasteiger partial charge on any atom is -0.477 e. The molecule has 4 heteroatoms. The maximum Gasteiger partial charge on any atom is 0.232 e. The molecule has 1 aliphatic carbocycles. The van der Waals surface area contributed by atoms with Gasteiger partial charge in [0.05, 0.1) is 6.61 Å². The first-order valence-corrected chi connectivity index (χ1v) is 7.68. The minimum absolute atomic E-state index is 0.563. The van der Waals surface area contributed by atoms with Crippen molar-refractivity contribution in [1.82, 2.24) is 10.3 Å². The summed E-state index contributed by atoms with van der Waals surface area (Å²) in [4.78, 5) is 4.30. The van der Waals surface area contributed by atoms with Gasteiger partial charge in [0.2, 0.25) is 5.88 Å². The van der Waals surface area contributed by atoms with E-state index < -0.39 is 0 Å². The summed E-state index contributed by atoms with van der Waals surface area (Å²) in [7, 11) is 0. The fraction of sp³-hybridized carbons (Fsp3) is 0.667. The van der Waals surface area contributed by atoms with Crippen LogP contribution in [-0.2, 0) is 6.54 Å². The van der Waals surface area contributed by atoms with E-state index in [1.807, 2.05) is 12.3 Å². The van der Waals surface area contributed by atoms with Crippen LogP contribution >= 0.6 is 11.6 Å². The third-order valence-electron chi connectivity index (χ3n) is 3.27. The van der Waals surface area contributed by atoms with E-state index in [1.54, 1.807) is 0 Å². The molecule has 0 aromatic carbocycles. The predicted octanol–water partition coefficient (Wildman–Crippen LogP) is 3.95. The van der Waals surface area contributed by atoms with Gasteiger partial charge in [-0.2, -0.15) is 0 Å². The first-order chi connectivity index (χ1) is 9.29. The number of halogens is 1. The zero-order chi connectivity index (χ0) is 13.5. The van der Waals surface area contributed by atoms with Gasteiger partial charge in [-0.1, -0.05) is 37.8 Å². The summed E-state index contributed by atoms with van der Waals surface area (Å²) in [5.74, 6) is 0.563. The molecule has 0 saturated heterocycles. The molecule has 19 heavy (non-hydrogen) atoms. The number of nitrogens with zero attached hydrogens (tertiary/aromatic N) is 1. The number of unbranched alkanes of at least 4 members (excludes halogenated alkanes) is 3. The SMILES string of the molecule is CCCCCCOc1ncc(CNC2CC2)cc1Cl. The van der Waals surface area contributed by atoms with Crippen LogP contribution in [0.2, 0.25) is 5.02 Å². The molecule has 0 aliphatic heterocycles. The topological polar surface area (TPSA) is 34.1 Å². The van der Waals surface area contributed by atoms with Crippen LogP contribution in [0, 0.1) is 0 Å². The van der Waals surface area contributed by atoms with Crippen molar-refractivity contribution in [2.75, 3.05) is 6.61 Å². The molecule has 106 valence electrons. The second-order valence-corrected chi connectivity index (χ2v) is 5.60. The summed E-state index contributed by atoms with van der Waals surface area (Å²) in [6.07, 6.45) is 9.20. The van der Waals surface area contributed by atoms with Gasteiger partial charge in [0.15, 0.2) is 0 Å². The molecule has 0 atom stereocenters. The molecule has 0 radical (unpaired) electrons. The maximum atomic E-state index is 6.19.